The molecule has 0 radical (unpaired) electrons. The van der Waals surface area contributed by atoms with Crippen LogP contribution in [0.4, 0.5) is 0 Å². The molecule has 2 unspecified atom stereocenters. The summed E-state index contributed by atoms with van der Waals surface area (Å²) in [6, 6.07) is 0. The first-order chi connectivity index (χ1) is 7.05. The first-order valence-electron chi connectivity index (χ1n) is 5.12. The lowest BCUT2D eigenvalue weighted by molar-refractivity contribution is -0.143. The lowest BCUT2D eigenvalue weighted by atomic mass is 10.1. The van der Waals surface area contributed by atoms with Crippen LogP contribution in [0.25, 0.3) is 0 Å². The Morgan fingerprint density at radius 3 is 2.93 bits per heavy atom. The summed E-state index contributed by atoms with van der Waals surface area (Å²) in [5, 5.41) is 0.399. The van der Waals surface area contributed by atoms with E-state index in [0.29, 0.717) is 11.9 Å². The number of rotatable bonds is 3. The van der Waals surface area contributed by atoms with E-state index >= 15 is 0 Å². The zero-order chi connectivity index (χ0) is 11.5. The molecule has 1 heterocycles. The van der Waals surface area contributed by atoms with E-state index < -0.39 is 4.08 Å². The van der Waals surface area contributed by atoms with Crippen LogP contribution >= 0.6 is 23.5 Å². The summed E-state index contributed by atoms with van der Waals surface area (Å²) in [5.74, 6) is -0.0851. The third-order valence-electron chi connectivity index (χ3n) is 2.62. The van der Waals surface area contributed by atoms with Gasteiger partial charge in [-0.25, -0.2) is 4.79 Å². The van der Waals surface area contributed by atoms with Gasteiger partial charge in [-0.05, 0) is 27.0 Å². The van der Waals surface area contributed by atoms with Crippen molar-refractivity contribution in [2.45, 2.75) is 36.5 Å². The van der Waals surface area contributed by atoms with Gasteiger partial charge in [0.2, 0.25) is 0 Å². The molecular formula is C11H18O2S2. The van der Waals surface area contributed by atoms with Gasteiger partial charge in [0.25, 0.3) is 0 Å². The molecule has 0 aromatic carbocycles. The van der Waals surface area contributed by atoms with Crippen LogP contribution in [0, 0.1) is 0 Å². The van der Waals surface area contributed by atoms with E-state index in [0.717, 1.165) is 6.42 Å². The highest BCUT2D eigenvalue weighted by Gasteiger charge is 2.42. The predicted molar refractivity (Wildman–Crippen MR) is 68.3 cm³/mol. The van der Waals surface area contributed by atoms with Crippen molar-refractivity contribution >= 4 is 29.5 Å². The minimum absolute atomic E-state index is 0.0851. The van der Waals surface area contributed by atoms with E-state index in [2.05, 4.69) is 19.9 Å². The van der Waals surface area contributed by atoms with Crippen molar-refractivity contribution in [2.24, 2.45) is 0 Å². The second-order valence-electron chi connectivity index (χ2n) is 3.59. The average molecular weight is 246 g/mol. The highest BCUT2D eigenvalue weighted by molar-refractivity contribution is 8.19. The molecule has 86 valence electrons. The standard InChI is InChI=1S/C11H18O2S2/c1-5-13-10(12)11(14-4)7-6-8(2)9(3)15-11/h6,9H,5,7H2,1-4H3. The Balaban J connectivity index is 2.83. The molecule has 2 nitrogen and oxygen atoms in total. The van der Waals surface area contributed by atoms with Gasteiger partial charge in [-0.1, -0.05) is 11.6 Å². The Labute approximate surface area is 100 Å². The van der Waals surface area contributed by atoms with Gasteiger partial charge in [-0.3, -0.25) is 0 Å². The lowest BCUT2D eigenvalue weighted by Crippen LogP contribution is -2.37. The van der Waals surface area contributed by atoms with Crippen LogP contribution in [0.3, 0.4) is 0 Å². The fourth-order valence-electron chi connectivity index (χ4n) is 1.48. The van der Waals surface area contributed by atoms with Gasteiger partial charge < -0.3 is 4.74 Å². The zero-order valence-corrected chi connectivity index (χ0v) is 11.3. The number of thioether (sulfide) groups is 2. The van der Waals surface area contributed by atoms with Crippen molar-refractivity contribution < 1.29 is 9.53 Å². The number of esters is 1. The highest BCUT2D eigenvalue weighted by atomic mass is 32.2. The van der Waals surface area contributed by atoms with E-state index in [-0.39, 0.29) is 5.97 Å². The maximum Gasteiger partial charge on any atom is 0.332 e. The molecule has 1 aliphatic rings. The molecule has 0 bridgehead atoms. The normalized spacial score (nSPS) is 30.9. The number of carbonyl (C=O) groups excluding carboxylic acids is 1. The Morgan fingerprint density at radius 1 is 1.80 bits per heavy atom. The molecule has 2 atom stereocenters. The van der Waals surface area contributed by atoms with Crippen molar-refractivity contribution in [3.63, 3.8) is 0 Å². The molecule has 0 aliphatic carbocycles. The third-order valence-corrected chi connectivity index (χ3v) is 5.84. The number of allylic oxidation sites excluding steroid dienone is 1. The molecule has 0 N–H and O–H groups in total. The predicted octanol–water partition coefficient (Wildman–Crippen LogP) is 3.08. The fourth-order valence-corrected chi connectivity index (χ4v) is 3.96. The third kappa shape index (κ3) is 2.72. The van der Waals surface area contributed by atoms with E-state index in [1.54, 1.807) is 23.5 Å². The highest BCUT2D eigenvalue weighted by Crippen LogP contribution is 2.47. The van der Waals surface area contributed by atoms with Crippen LogP contribution in [-0.4, -0.2) is 28.2 Å². The molecule has 15 heavy (non-hydrogen) atoms. The van der Waals surface area contributed by atoms with E-state index in [1.165, 1.54) is 5.57 Å². The van der Waals surface area contributed by atoms with E-state index in [4.69, 9.17) is 4.74 Å². The van der Waals surface area contributed by atoms with Gasteiger partial charge in [-0.2, -0.15) is 0 Å². The summed E-state index contributed by atoms with van der Waals surface area (Å²) in [5.41, 5.74) is 1.36. The number of ether oxygens (including phenoxy) is 1. The molecule has 0 fully saturated rings. The average Bonchev–Trinajstić information content (AvgIpc) is 2.23. The Hall–Kier alpha value is -0.0900. The SMILES string of the molecule is CCOC(=O)C1(SC)CC=C(C)C(C)S1. The van der Waals surface area contributed by atoms with Crippen molar-refractivity contribution in [3.8, 4) is 0 Å². The molecular weight excluding hydrogens is 228 g/mol. The molecule has 1 aliphatic heterocycles. The summed E-state index contributed by atoms with van der Waals surface area (Å²) < 4.78 is 4.73. The summed E-state index contributed by atoms with van der Waals surface area (Å²) in [6.45, 7) is 6.57. The molecule has 0 aromatic heterocycles. The lowest BCUT2D eigenvalue weighted by Gasteiger charge is -2.34. The van der Waals surface area contributed by atoms with E-state index in [9.17, 15) is 4.79 Å². The maximum absolute atomic E-state index is 11.9. The largest absolute Gasteiger partial charge is 0.464 e. The number of hydrogen-bond acceptors (Lipinski definition) is 4. The van der Waals surface area contributed by atoms with Crippen molar-refractivity contribution in [1.82, 2.24) is 0 Å². The van der Waals surface area contributed by atoms with Gasteiger partial charge in [0.15, 0.2) is 4.08 Å². The molecule has 0 amide bonds. The second-order valence-corrected chi connectivity index (χ2v) is 6.59. The van der Waals surface area contributed by atoms with Gasteiger partial charge in [-0.15, -0.1) is 23.5 Å². The monoisotopic (exact) mass is 246 g/mol. The maximum atomic E-state index is 11.9. The second kappa shape index (κ2) is 5.30. The Bertz CT molecular complexity index is 276. The van der Waals surface area contributed by atoms with E-state index in [1.807, 2.05) is 13.2 Å². The fraction of sp³-hybridized carbons (Fsp3) is 0.727. The Kier molecular flexibility index (Phi) is 4.59. The molecule has 4 heteroatoms. The van der Waals surface area contributed by atoms with Crippen LogP contribution in [0.2, 0.25) is 0 Å². The molecule has 0 spiro atoms. The minimum atomic E-state index is -0.422. The van der Waals surface area contributed by atoms with Crippen molar-refractivity contribution in [3.05, 3.63) is 11.6 Å². The smallest absolute Gasteiger partial charge is 0.332 e. The topological polar surface area (TPSA) is 26.3 Å². The minimum Gasteiger partial charge on any atom is -0.464 e. The quantitative estimate of drug-likeness (QED) is 0.565. The molecule has 0 saturated carbocycles. The first kappa shape index (κ1) is 13.0. The number of carbonyl (C=O) groups is 1. The molecule has 0 aromatic rings. The van der Waals surface area contributed by atoms with Crippen LogP contribution < -0.4 is 0 Å². The van der Waals surface area contributed by atoms with Gasteiger partial charge >= 0.3 is 5.97 Å². The summed E-state index contributed by atoms with van der Waals surface area (Å²) in [4.78, 5) is 11.9. The van der Waals surface area contributed by atoms with Crippen LogP contribution in [0.5, 0.6) is 0 Å². The van der Waals surface area contributed by atoms with Crippen molar-refractivity contribution in [2.75, 3.05) is 12.9 Å². The van der Waals surface area contributed by atoms with Crippen LogP contribution in [-0.2, 0) is 9.53 Å². The Morgan fingerprint density at radius 2 is 2.47 bits per heavy atom. The first-order valence-corrected chi connectivity index (χ1v) is 7.23. The van der Waals surface area contributed by atoms with Gasteiger partial charge in [0, 0.05) is 11.7 Å². The molecule has 0 saturated heterocycles. The zero-order valence-electron chi connectivity index (χ0n) is 9.70. The summed E-state index contributed by atoms with van der Waals surface area (Å²) in [6.07, 6.45) is 4.91. The summed E-state index contributed by atoms with van der Waals surface area (Å²) >= 11 is 3.30. The number of hydrogen-bond donors (Lipinski definition) is 0. The van der Waals surface area contributed by atoms with Crippen LogP contribution in [0.1, 0.15) is 27.2 Å². The summed E-state index contributed by atoms with van der Waals surface area (Å²) in [7, 11) is 0. The van der Waals surface area contributed by atoms with Crippen molar-refractivity contribution in [1.29, 1.82) is 0 Å². The van der Waals surface area contributed by atoms with Gasteiger partial charge in [0.05, 0.1) is 6.61 Å². The van der Waals surface area contributed by atoms with Gasteiger partial charge in [0.1, 0.15) is 0 Å². The molecule has 1 rings (SSSR count). The van der Waals surface area contributed by atoms with Crippen LogP contribution in [0.15, 0.2) is 11.6 Å².